The minimum absolute atomic E-state index is 0.104. The second-order valence-electron chi connectivity index (χ2n) is 7.21. The van der Waals surface area contributed by atoms with Crippen molar-refractivity contribution in [3.63, 3.8) is 0 Å². The van der Waals surface area contributed by atoms with Crippen LogP contribution in [0.25, 0.3) is 10.9 Å². The van der Waals surface area contributed by atoms with Crippen molar-refractivity contribution >= 4 is 22.7 Å². The third kappa shape index (κ3) is 4.21. The molecule has 26 heavy (non-hydrogen) atoms. The summed E-state index contributed by atoms with van der Waals surface area (Å²) < 4.78 is 0. The summed E-state index contributed by atoms with van der Waals surface area (Å²) >= 11 is 0. The number of carbonyl (C=O) groups is 2. The molecule has 1 aliphatic rings. The minimum Gasteiger partial charge on any atom is -0.350 e. The fourth-order valence-corrected chi connectivity index (χ4v) is 3.35. The van der Waals surface area contributed by atoms with Crippen LogP contribution in [0.15, 0.2) is 30.3 Å². The summed E-state index contributed by atoms with van der Waals surface area (Å²) in [5.74, 6) is 0.349. The number of nitrogens with zero attached hydrogens (tertiary/aromatic N) is 2. The van der Waals surface area contributed by atoms with E-state index in [0.717, 1.165) is 42.4 Å². The molecule has 3 rings (SSSR count). The predicted octanol–water partition coefficient (Wildman–Crippen LogP) is 3.49. The second-order valence-corrected chi connectivity index (χ2v) is 7.21. The summed E-state index contributed by atoms with van der Waals surface area (Å²) in [6.45, 7) is 5.99. The van der Waals surface area contributed by atoms with E-state index in [-0.39, 0.29) is 17.7 Å². The zero-order chi connectivity index (χ0) is 18.5. The number of benzene rings is 1. The maximum Gasteiger partial charge on any atom is 0.252 e. The lowest BCUT2D eigenvalue weighted by atomic mass is 10.0. The molecule has 0 unspecified atom stereocenters. The number of para-hydroxylation sites is 1. The van der Waals surface area contributed by atoms with E-state index >= 15 is 0 Å². The SMILES string of the molecule is CC(C)c1cc(C(=O)NCCN2CCCCCC2=O)c2ccccc2n1. The number of likely N-dealkylation sites (tertiary alicyclic amines) is 1. The third-order valence-electron chi connectivity index (χ3n) is 4.91. The van der Waals surface area contributed by atoms with Gasteiger partial charge in [0.05, 0.1) is 11.1 Å². The van der Waals surface area contributed by atoms with Crippen LogP contribution in [-0.2, 0) is 4.79 Å². The van der Waals surface area contributed by atoms with Gasteiger partial charge in [0.25, 0.3) is 5.91 Å². The summed E-state index contributed by atoms with van der Waals surface area (Å²) in [4.78, 5) is 31.4. The summed E-state index contributed by atoms with van der Waals surface area (Å²) in [6, 6.07) is 9.62. The van der Waals surface area contributed by atoms with E-state index in [2.05, 4.69) is 24.1 Å². The molecule has 5 heteroatoms. The molecule has 1 saturated heterocycles. The number of hydrogen-bond acceptors (Lipinski definition) is 3. The third-order valence-corrected chi connectivity index (χ3v) is 4.91. The maximum absolute atomic E-state index is 12.8. The van der Waals surface area contributed by atoms with Crippen LogP contribution in [0.3, 0.4) is 0 Å². The lowest BCUT2D eigenvalue weighted by Gasteiger charge is -2.20. The topological polar surface area (TPSA) is 62.3 Å². The minimum atomic E-state index is -0.104. The van der Waals surface area contributed by atoms with Gasteiger partial charge in [0.15, 0.2) is 0 Å². The van der Waals surface area contributed by atoms with Gasteiger partial charge >= 0.3 is 0 Å². The molecule has 0 spiro atoms. The lowest BCUT2D eigenvalue weighted by Crippen LogP contribution is -2.38. The second kappa shape index (κ2) is 8.30. The molecule has 1 aliphatic heterocycles. The Morgan fingerprint density at radius 3 is 2.85 bits per heavy atom. The average Bonchev–Trinajstić information content (AvgIpc) is 2.85. The largest absolute Gasteiger partial charge is 0.350 e. The highest BCUT2D eigenvalue weighted by molar-refractivity contribution is 6.06. The molecular weight excluding hydrogens is 326 g/mol. The van der Waals surface area contributed by atoms with E-state index in [9.17, 15) is 9.59 Å². The monoisotopic (exact) mass is 353 g/mol. The van der Waals surface area contributed by atoms with E-state index in [0.29, 0.717) is 25.1 Å². The van der Waals surface area contributed by atoms with Crippen molar-refractivity contribution in [1.29, 1.82) is 0 Å². The standard InChI is InChI=1S/C21H27N3O2/c1-15(2)19-14-17(16-8-5-6-9-18(16)23-19)21(26)22-11-13-24-12-7-3-4-10-20(24)25/h5-6,8-9,14-15H,3-4,7,10-13H2,1-2H3,(H,22,26). The summed E-state index contributed by atoms with van der Waals surface area (Å²) in [6.07, 6.45) is 3.76. The molecule has 0 atom stereocenters. The Balaban J connectivity index is 1.72. The van der Waals surface area contributed by atoms with Crippen molar-refractivity contribution in [1.82, 2.24) is 15.2 Å². The van der Waals surface area contributed by atoms with Gasteiger partial charge in [0.2, 0.25) is 5.91 Å². The van der Waals surface area contributed by atoms with Gasteiger partial charge in [-0.3, -0.25) is 14.6 Å². The van der Waals surface area contributed by atoms with Crippen LogP contribution in [0.1, 0.15) is 61.5 Å². The van der Waals surface area contributed by atoms with Crippen molar-refractivity contribution in [2.45, 2.75) is 45.4 Å². The van der Waals surface area contributed by atoms with Gasteiger partial charge in [-0.1, -0.05) is 38.5 Å². The molecule has 0 bridgehead atoms. The van der Waals surface area contributed by atoms with E-state index in [1.54, 1.807) is 0 Å². The average molecular weight is 353 g/mol. The molecule has 1 fully saturated rings. The Morgan fingerprint density at radius 2 is 2.04 bits per heavy atom. The quantitative estimate of drug-likeness (QED) is 0.895. The zero-order valence-corrected chi connectivity index (χ0v) is 15.6. The molecule has 1 N–H and O–H groups in total. The van der Waals surface area contributed by atoms with Crippen LogP contribution in [-0.4, -0.2) is 41.3 Å². The number of amides is 2. The van der Waals surface area contributed by atoms with Crippen molar-refractivity contribution in [2.24, 2.45) is 0 Å². The van der Waals surface area contributed by atoms with Gasteiger partial charge < -0.3 is 10.2 Å². The van der Waals surface area contributed by atoms with Gasteiger partial charge in [-0.15, -0.1) is 0 Å². The number of nitrogens with one attached hydrogen (secondary N) is 1. The Kier molecular flexibility index (Phi) is 5.86. The molecule has 2 heterocycles. The normalized spacial score (nSPS) is 15.3. The van der Waals surface area contributed by atoms with Gasteiger partial charge in [-0.25, -0.2) is 0 Å². The Labute approximate surface area is 154 Å². The molecule has 1 aromatic heterocycles. The molecule has 0 radical (unpaired) electrons. The number of fused-ring (bicyclic) bond motifs is 1. The maximum atomic E-state index is 12.8. The fourth-order valence-electron chi connectivity index (χ4n) is 3.35. The lowest BCUT2D eigenvalue weighted by molar-refractivity contribution is -0.130. The number of pyridine rings is 1. The highest BCUT2D eigenvalue weighted by Crippen LogP contribution is 2.22. The number of rotatable bonds is 5. The first kappa shape index (κ1) is 18.4. The van der Waals surface area contributed by atoms with Gasteiger partial charge in [0.1, 0.15) is 0 Å². The molecule has 2 aromatic rings. The van der Waals surface area contributed by atoms with E-state index in [1.165, 1.54) is 0 Å². The molecule has 2 amide bonds. The van der Waals surface area contributed by atoms with Crippen LogP contribution in [0, 0.1) is 0 Å². The predicted molar refractivity (Wildman–Crippen MR) is 103 cm³/mol. The van der Waals surface area contributed by atoms with Crippen molar-refractivity contribution < 1.29 is 9.59 Å². The van der Waals surface area contributed by atoms with Crippen LogP contribution < -0.4 is 5.32 Å². The number of aromatic nitrogens is 1. The van der Waals surface area contributed by atoms with Gasteiger partial charge in [-0.05, 0) is 30.9 Å². The molecule has 0 aliphatic carbocycles. The van der Waals surface area contributed by atoms with E-state index in [4.69, 9.17) is 0 Å². The number of hydrogen-bond donors (Lipinski definition) is 1. The van der Waals surface area contributed by atoms with Crippen molar-refractivity contribution in [2.75, 3.05) is 19.6 Å². The number of carbonyl (C=O) groups excluding carboxylic acids is 2. The molecule has 1 aromatic carbocycles. The fraction of sp³-hybridized carbons (Fsp3) is 0.476. The van der Waals surface area contributed by atoms with Crippen LogP contribution in [0.2, 0.25) is 0 Å². The first-order valence-corrected chi connectivity index (χ1v) is 9.52. The summed E-state index contributed by atoms with van der Waals surface area (Å²) in [5.41, 5.74) is 2.41. The van der Waals surface area contributed by atoms with E-state index in [1.807, 2.05) is 35.2 Å². The van der Waals surface area contributed by atoms with Crippen LogP contribution >= 0.6 is 0 Å². The smallest absolute Gasteiger partial charge is 0.252 e. The van der Waals surface area contributed by atoms with E-state index < -0.39 is 0 Å². The Bertz CT molecular complexity index is 801. The van der Waals surface area contributed by atoms with Crippen LogP contribution in [0.4, 0.5) is 0 Å². The van der Waals surface area contributed by atoms with Crippen molar-refractivity contribution in [3.8, 4) is 0 Å². The van der Waals surface area contributed by atoms with Crippen LogP contribution in [0.5, 0.6) is 0 Å². The Hall–Kier alpha value is -2.43. The highest BCUT2D eigenvalue weighted by atomic mass is 16.2. The molecule has 138 valence electrons. The summed E-state index contributed by atoms with van der Waals surface area (Å²) in [7, 11) is 0. The molecular formula is C21H27N3O2. The Morgan fingerprint density at radius 1 is 1.23 bits per heavy atom. The summed E-state index contributed by atoms with van der Waals surface area (Å²) in [5, 5.41) is 3.85. The van der Waals surface area contributed by atoms with Gasteiger partial charge in [0, 0.05) is 37.1 Å². The molecule has 0 saturated carbocycles. The zero-order valence-electron chi connectivity index (χ0n) is 15.6. The van der Waals surface area contributed by atoms with Gasteiger partial charge in [-0.2, -0.15) is 0 Å². The molecule has 5 nitrogen and oxygen atoms in total. The van der Waals surface area contributed by atoms with Crippen molar-refractivity contribution in [3.05, 3.63) is 41.6 Å². The highest BCUT2D eigenvalue weighted by Gasteiger charge is 2.17. The first-order valence-electron chi connectivity index (χ1n) is 9.52. The first-order chi connectivity index (χ1) is 12.6.